The first-order valence-corrected chi connectivity index (χ1v) is 10.4. The number of alkyl halides is 3. The molecule has 0 saturated heterocycles. The third-order valence-electron chi connectivity index (χ3n) is 5.28. The first kappa shape index (κ1) is 22.5. The van der Waals surface area contributed by atoms with Crippen molar-refractivity contribution in [3.8, 4) is 11.3 Å². The van der Waals surface area contributed by atoms with Crippen LogP contribution in [0.2, 0.25) is 0 Å². The standard InChI is InChI=1S/C24H21F3N6O2/c1-13-17(14(2)29-23(35)16-5-4-10-28-11-16)6-7-18(22(13)24(25,26)27)19-8-9-21-31-20(30-15(3)34)12-33(21)32-19/h4-12,14H,1-3H3,(H,29,35)(H,30,34)/i14D. The van der Waals surface area contributed by atoms with Gasteiger partial charge < -0.3 is 10.6 Å². The van der Waals surface area contributed by atoms with Gasteiger partial charge in [0.1, 0.15) is 0 Å². The predicted molar refractivity (Wildman–Crippen MR) is 123 cm³/mol. The van der Waals surface area contributed by atoms with Crippen LogP contribution in [0.3, 0.4) is 0 Å². The zero-order valence-corrected chi connectivity index (χ0v) is 18.9. The summed E-state index contributed by atoms with van der Waals surface area (Å²) < 4.78 is 52.8. The van der Waals surface area contributed by atoms with E-state index >= 15 is 0 Å². The lowest BCUT2D eigenvalue weighted by molar-refractivity contribution is -0.137. The maximum atomic E-state index is 14.3. The molecule has 0 bridgehead atoms. The van der Waals surface area contributed by atoms with Crippen molar-refractivity contribution in [1.82, 2.24) is 24.9 Å². The van der Waals surface area contributed by atoms with Crippen molar-refractivity contribution in [2.75, 3.05) is 5.32 Å². The number of hydrogen-bond donors (Lipinski definition) is 2. The molecular weight excluding hydrogens is 461 g/mol. The smallest absolute Gasteiger partial charge is 0.345 e. The maximum Gasteiger partial charge on any atom is 0.417 e. The molecule has 180 valence electrons. The average Bonchev–Trinajstić information content (AvgIpc) is 3.18. The highest BCUT2D eigenvalue weighted by Gasteiger charge is 2.37. The molecule has 4 rings (SSSR count). The van der Waals surface area contributed by atoms with E-state index in [0.717, 1.165) is 0 Å². The van der Waals surface area contributed by atoms with Crippen LogP contribution >= 0.6 is 0 Å². The van der Waals surface area contributed by atoms with Crippen LogP contribution in [0.5, 0.6) is 0 Å². The fraction of sp³-hybridized carbons (Fsp3) is 0.208. The monoisotopic (exact) mass is 483 g/mol. The number of benzene rings is 1. The Hall–Kier alpha value is -4.28. The summed E-state index contributed by atoms with van der Waals surface area (Å²) in [7, 11) is 0. The lowest BCUT2D eigenvalue weighted by Crippen LogP contribution is -2.27. The van der Waals surface area contributed by atoms with Gasteiger partial charge in [0.25, 0.3) is 5.91 Å². The second-order valence-electron chi connectivity index (χ2n) is 7.81. The minimum atomic E-state index is -4.77. The number of hydrogen-bond acceptors (Lipinski definition) is 5. The van der Waals surface area contributed by atoms with Crippen molar-refractivity contribution < 1.29 is 24.1 Å². The lowest BCUT2D eigenvalue weighted by atomic mass is 9.91. The Bertz CT molecular complexity index is 1470. The van der Waals surface area contributed by atoms with Crippen molar-refractivity contribution in [2.24, 2.45) is 0 Å². The molecule has 1 unspecified atom stereocenters. The Morgan fingerprint density at radius 1 is 1.17 bits per heavy atom. The van der Waals surface area contributed by atoms with Gasteiger partial charge >= 0.3 is 6.18 Å². The summed E-state index contributed by atoms with van der Waals surface area (Å²) in [4.78, 5) is 31.9. The summed E-state index contributed by atoms with van der Waals surface area (Å²) in [6, 6.07) is 6.65. The predicted octanol–water partition coefficient (Wildman–Crippen LogP) is 4.57. The molecule has 4 aromatic rings. The summed E-state index contributed by atoms with van der Waals surface area (Å²) in [6.45, 7) is 3.88. The molecule has 0 spiro atoms. The largest absolute Gasteiger partial charge is 0.417 e. The molecule has 0 aliphatic rings. The van der Waals surface area contributed by atoms with Gasteiger partial charge in [-0.2, -0.15) is 18.3 Å². The quantitative estimate of drug-likeness (QED) is 0.433. The van der Waals surface area contributed by atoms with E-state index in [1.54, 1.807) is 6.07 Å². The third-order valence-corrected chi connectivity index (χ3v) is 5.28. The van der Waals surface area contributed by atoms with Gasteiger partial charge in [-0.05, 0) is 49.2 Å². The summed E-state index contributed by atoms with van der Waals surface area (Å²) in [5.74, 6) is -0.776. The number of rotatable bonds is 5. The number of pyridine rings is 1. The molecule has 1 aromatic carbocycles. The van der Waals surface area contributed by atoms with Crippen molar-refractivity contribution in [2.45, 2.75) is 33.0 Å². The minimum absolute atomic E-state index is 0.0160. The number of carbonyl (C=O) groups excluding carboxylic acids is 2. The number of halogens is 3. The second kappa shape index (κ2) is 9.16. The van der Waals surface area contributed by atoms with Gasteiger partial charge in [0.15, 0.2) is 11.5 Å². The number of fused-ring (bicyclic) bond motifs is 1. The van der Waals surface area contributed by atoms with Gasteiger partial charge in [-0.25, -0.2) is 9.50 Å². The molecule has 3 aromatic heterocycles. The van der Waals surface area contributed by atoms with Crippen LogP contribution in [-0.2, 0) is 11.0 Å². The molecule has 2 N–H and O–H groups in total. The van der Waals surface area contributed by atoms with Gasteiger partial charge in [0.05, 0.1) is 30.4 Å². The van der Waals surface area contributed by atoms with Gasteiger partial charge in [0.2, 0.25) is 5.91 Å². The van der Waals surface area contributed by atoms with E-state index in [4.69, 9.17) is 1.37 Å². The highest BCUT2D eigenvalue weighted by atomic mass is 19.4. The van der Waals surface area contributed by atoms with Gasteiger partial charge in [-0.1, -0.05) is 12.1 Å². The van der Waals surface area contributed by atoms with E-state index in [0.29, 0.717) is 5.65 Å². The molecule has 8 nitrogen and oxygen atoms in total. The first-order chi connectivity index (χ1) is 16.9. The van der Waals surface area contributed by atoms with Crippen molar-refractivity contribution in [1.29, 1.82) is 0 Å². The molecule has 2 amide bonds. The second-order valence-corrected chi connectivity index (χ2v) is 7.81. The topological polar surface area (TPSA) is 101 Å². The van der Waals surface area contributed by atoms with Crippen molar-refractivity contribution in [3.63, 3.8) is 0 Å². The van der Waals surface area contributed by atoms with Crippen molar-refractivity contribution >= 4 is 23.3 Å². The molecule has 0 fully saturated rings. The van der Waals surface area contributed by atoms with Crippen LogP contribution in [0.1, 0.15) is 48.3 Å². The number of amides is 2. The fourth-order valence-corrected chi connectivity index (χ4v) is 3.77. The van der Waals surface area contributed by atoms with E-state index < -0.39 is 23.7 Å². The molecule has 0 aliphatic heterocycles. The SMILES string of the molecule is [2H]C(C)(NC(=O)c1cccnc1)c1ccc(-c2ccc3nc(NC(C)=O)cn3n2)c(C(F)(F)F)c1C. The highest BCUT2D eigenvalue weighted by molar-refractivity contribution is 5.94. The highest BCUT2D eigenvalue weighted by Crippen LogP contribution is 2.41. The van der Waals surface area contributed by atoms with Crippen LogP contribution < -0.4 is 10.6 Å². The Kier molecular flexibility index (Phi) is 5.89. The zero-order valence-electron chi connectivity index (χ0n) is 19.9. The Morgan fingerprint density at radius 3 is 2.60 bits per heavy atom. The van der Waals surface area contributed by atoms with Crippen LogP contribution in [0.4, 0.5) is 19.0 Å². The maximum absolute atomic E-state index is 14.3. The number of aromatic nitrogens is 4. The Morgan fingerprint density at radius 2 is 1.94 bits per heavy atom. The number of carbonyl (C=O) groups is 2. The van der Waals surface area contributed by atoms with E-state index in [1.807, 2.05) is 0 Å². The molecule has 0 aliphatic carbocycles. The first-order valence-electron chi connectivity index (χ1n) is 10.9. The van der Waals surface area contributed by atoms with E-state index in [1.165, 1.54) is 74.2 Å². The fourth-order valence-electron chi connectivity index (χ4n) is 3.77. The Balaban J connectivity index is 1.77. The van der Waals surface area contributed by atoms with E-state index in [9.17, 15) is 22.8 Å². The van der Waals surface area contributed by atoms with Crippen LogP contribution in [-0.4, -0.2) is 31.4 Å². The lowest BCUT2D eigenvalue weighted by Gasteiger charge is -2.22. The molecular formula is C24H21F3N6O2. The number of imidazole rings is 1. The molecule has 0 radical (unpaired) electrons. The summed E-state index contributed by atoms with van der Waals surface area (Å²) in [6.07, 6.45) is -0.599. The molecule has 1 atom stereocenters. The van der Waals surface area contributed by atoms with Gasteiger partial charge in [-0.3, -0.25) is 14.6 Å². The average molecular weight is 483 g/mol. The van der Waals surface area contributed by atoms with Gasteiger partial charge in [0, 0.05) is 24.9 Å². The molecule has 0 saturated carbocycles. The van der Waals surface area contributed by atoms with E-state index in [2.05, 4.69) is 25.7 Å². The zero-order chi connectivity index (χ0) is 26.3. The molecule has 3 heterocycles. The number of nitrogens with one attached hydrogen (secondary N) is 2. The van der Waals surface area contributed by atoms with Crippen LogP contribution in [0.15, 0.2) is 55.0 Å². The summed E-state index contributed by atoms with van der Waals surface area (Å²) >= 11 is 0. The minimum Gasteiger partial charge on any atom is -0.345 e. The summed E-state index contributed by atoms with van der Waals surface area (Å²) in [5, 5.41) is 9.22. The normalized spacial score (nSPS) is 13.7. The van der Waals surface area contributed by atoms with Crippen LogP contribution in [0, 0.1) is 6.92 Å². The van der Waals surface area contributed by atoms with Crippen molar-refractivity contribution in [3.05, 3.63) is 77.2 Å². The summed E-state index contributed by atoms with van der Waals surface area (Å²) in [5.41, 5.74) is -0.873. The Labute approximate surface area is 199 Å². The molecule has 11 heteroatoms. The van der Waals surface area contributed by atoms with Gasteiger partial charge in [-0.15, -0.1) is 0 Å². The van der Waals surface area contributed by atoms with Crippen LogP contribution in [0.25, 0.3) is 16.9 Å². The number of nitrogens with zero attached hydrogens (tertiary/aromatic N) is 4. The third kappa shape index (κ3) is 4.98. The van der Waals surface area contributed by atoms with E-state index in [-0.39, 0.29) is 39.7 Å². The number of anilines is 1. The molecule has 35 heavy (non-hydrogen) atoms.